The number of likely N-dealkylation sites (tertiary alicyclic amines) is 1. The number of carbonyl (C=O) groups excluding carboxylic acids is 1. The van der Waals surface area contributed by atoms with Crippen molar-refractivity contribution in [3.05, 3.63) is 0 Å². The summed E-state index contributed by atoms with van der Waals surface area (Å²) < 4.78 is 0. The largest absolute Gasteiger partial charge is 0.339 e. The van der Waals surface area contributed by atoms with Crippen molar-refractivity contribution in [1.29, 1.82) is 0 Å². The van der Waals surface area contributed by atoms with Gasteiger partial charge in [-0.05, 0) is 62.9 Å². The van der Waals surface area contributed by atoms with E-state index in [4.69, 9.17) is 0 Å². The van der Waals surface area contributed by atoms with Gasteiger partial charge in [0.15, 0.2) is 0 Å². The Balaban J connectivity index is 1.88. The zero-order chi connectivity index (χ0) is 14.5. The van der Waals surface area contributed by atoms with E-state index in [9.17, 15) is 4.79 Å². The Morgan fingerprint density at radius 2 is 2.00 bits per heavy atom. The summed E-state index contributed by atoms with van der Waals surface area (Å²) in [6.45, 7) is 10.0. The highest BCUT2D eigenvalue weighted by atomic mass is 16.2. The average Bonchev–Trinajstić information content (AvgIpc) is 2.48. The van der Waals surface area contributed by atoms with Crippen molar-refractivity contribution in [3.63, 3.8) is 0 Å². The SMILES string of the molecule is CC(C)C1CCCCN1C(=O)CC(C)C1CCCNC1. The first kappa shape index (κ1) is 15.8. The number of piperidine rings is 2. The van der Waals surface area contributed by atoms with Crippen molar-refractivity contribution in [2.24, 2.45) is 17.8 Å². The molecule has 0 aliphatic carbocycles. The molecule has 2 saturated heterocycles. The molecule has 3 nitrogen and oxygen atoms in total. The third kappa shape index (κ3) is 3.97. The van der Waals surface area contributed by atoms with Crippen molar-refractivity contribution in [1.82, 2.24) is 10.2 Å². The molecule has 2 fully saturated rings. The lowest BCUT2D eigenvalue weighted by molar-refractivity contribution is -0.137. The quantitative estimate of drug-likeness (QED) is 0.858. The van der Waals surface area contributed by atoms with Crippen LogP contribution in [-0.4, -0.2) is 36.5 Å². The van der Waals surface area contributed by atoms with Gasteiger partial charge in [0.2, 0.25) is 5.91 Å². The first-order valence-electron chi connectivity index (χ1n) is 8.59. The first-order chi connectivity index (χ1) is 9.59. The zero-order valence-corrected chi connectivity index (χ0v) is 13.5. The van der Waals surface area contributed by atoms with Crippen molar-refractivity contribution < 1.29 is 4.79 Å². The molecule has 3 unspecified atom stereocenters. The highest BCUT2D eigenvalue weighted by Crippen LogP contribution is 2.27. The van der Waals surface area contributed by atoms with E-state index in [0.29, 0.717) is 29.7 Å². The van der Waals surface area contributed by atoms with Crippen molar-refractivity contribution in [2.45, 2.75) is 65.3 Å². The van der Waals surface area contributed by atoms with Gasteiger partial charge in [0, 0.05) is 19.0 Å². The molecule has 2 aliphatic rings. The normalized spacial score (nSPS) is 29.5. The maximum Gasteiger partial charge on any atom is 0.223 e. The van der Waals surface area contributed by atoms with Gasteiger partial charge in [0.05, 0.1) is 0 Å². The molecular formula is C17H32N2O. The van der Waals surface area contributed by atoms with E-state index in [-0.39, 0.29) is 0 Å². The molecule has 0 spiro atoms. The van der Waals surface area contributed by atoms with Crippen LogP contribution in [0.3, 0.4) is 0 Å². The second kappa shape index (κ2) is 7.44. The van der Waals surface area contributed by atoms with Crippen LogP contribution >= 0.6 is 0 Å². The molecule has 3 heteroatoms. The summed E-state index contributed by atoms with van der Waals surface area (Å²) in [5.41, 5.74) is 0. The van der Waals surface area contributed by atoms with Crippen LogP contribution < -0.4 is 5.32 Å². The molecule has 20 heavy (non-hydrogen) atoms. The summed E-state index contributed by atoms with van der Waals surface area (Å²) in [4.78, 5) is 14.9. The summed E-state index contributed by atoms with van der Waals surface area (Å²) in [6, 6.07) is 0.480. The van der Waals surface area contributed by atoms with E-state index < -0.39 is 0 Å². The minimum Gasteiger partial charge on any atom is -0.339 e. The van der Waals surface area contributed by atoms with Gasteiger partial charge < -0.3 is 10.2 Å². The Hall–Kier alpha value is -0.570. The third-order valence-corrected chi connectivity index (χ3v) is 5.28. The Bertz CT molecular complexity index is 310. The molecular weight excluding hydrogens is 248 g/mol. The van der Waals surface area contributed by atoms with E-state index in [0.717, 1.165) is 26.1 Å². The van der Waals surface area contributed by atoms with Crippen molar-refractivity contribution in [3.8, 4) is 0 Å². The van der Waals surface area contributed by atoms with Crippen LogP contribution in [0.1, 0.15) is 59.3 Å². The minimum absolute atomic E-state index is 0.404. The monoisotopic (exact) mass is 280 g/mol. The van der Waals surface area contributed by atoms with Crippen molar-refractivity contribution in [2.75, 3.05) is 19.6 Å². The Morgan fingerprint density at radius 3 is 2.65 bits per heavy atom. The van der Waals surface area contributed by atoms with Crippen molar-refractivity contribution >= 4 is 5.91 Å². The summed E-state index contributed by atoms with van der Waals surface area (Å²) in [6.07, 6.45) is 6.97. The molecule has 3 atom stereocenters. The number of amides is 1. The fourth-order valence-electron chi connectivity index (χ4n) is 3.88. The van der Waals surface area contributed by atoms with E-state index >= 15 is 0 Å². The molecule has 1 N–H and O–H groups in total. The number of nitrogens with one attached hydrogen (secondary N) is 1. The predicted octanol–water partition coefficient (Wildman–Crippen LogP) is 3.05. The fraction of sp³-hybridized carbons (Fsp3) is 0.941. The summed E-state index contributed by atoms with van der Waals surface area (Å²) in [7, 11) is 0. The molecule has 0 radical (unpaired) electrons. The van der Waals surface area contributed by atoms with Gasteiger partial charge in [0.1, 0.15) is 0 Å². The van der Waals surface area contributed by atoms with Gasteiger partial charge >= 0.3 is 0 Å². The van der Waals surface area contributed by atoms with E-state index in [1.54, 1.807) is 0 Å². The van der Waals surface area contributed by atoms with E-state index in [1.165, 1.54) is 32.1 Å². The van der Waals surface area contributed by atoms with Gasteiger partial charge in [-0.2, -0.15) is 0 Å². The molecule has 116 valence electrons. The lowest BCUT2D eigenvalue weighted by atomic mass is 9.84. The number of rotatable bonds is 4. The summed E-state index contributed by atoms with van der Waals surface area (Å²) >= 11 is 0. The molecule has 0 bridgehead atoms. The maximum absolute atomic E-state index is 12.7. The van der Waals surface area contributed by atoms with E-state index in [2.05, 4.69) is 31.0 Å². The number of hydrogen-bond acceptors (Lipinski definition) is 2. The van der Waals surface area contributed by atoms with Gasteiger partial charge in [-0.1, -0.05) is 20.8 Å². The van der Waals surface area contributed by atoms with Crippen LogP contribution in [0.25, 0.3) is 0 Å². The smallest absolute Gasteiger partial charge is 0.223 e. The van der Waals surface area contributed by atoms with E-state index in [1.807, 2.05) is 0 Å². The second-order valence-electron chi connectivity index (χ2n) is 7.18. The number of nitrogens with zero attached hydrogens (tertiary/aromatic N) is 1. The van der Waals surface area contributed by atoms with Crippen LogP contribution in [0.15, 0.2) is 0 Å². The summed E-state index contributed by atoms with van der Waals surface area (Å²) in [5.74, 6) is 2.20. The lowest BCUT2D eigenvalue weighted by Crippen LogP contribution is -2.47. The molecule has 0 aromatic carbocycles. The Kier molecular flexibility index (Phi) is 5.88. The van der Waals surface area contributed by atoms with Gasteiger partial charge in [-0.25, -0.2) is 0 Å². The summed E-state index contributed by atoms with van der Waals surface area (Å²) in [5, 5.41) is 3.47. The second-order valence-corrected chi connectivity index (χ2v) is 7.18. The van der Waals surface area contributed by atoms with Gasteiger partial charge in [-0.3, -0.25) is 4.79 Å². The molecule has 2 heterocycles. The van der Waals surface area contributed by atoms with Gasteiger partial charge in [0.25, 0.3) is 0 Å². The average molecular weight is 280 g/mol. The zero-order valence-electron chi connectivity index (χ0n) is 13.5. The van der Waals surface area contributed by atoms with Crippen LogP contribution in [0.2, 0.25) is 0 Å². The molecule has 0 aromatic rings. The maximum atomic E-state index is 12.7. The van der Waals surface area contributed by atoms with Crippen LogP contribution in [-0.2, 0) is 4.79 Å². The number of carbonyl (C=O) groups is 1. The fourth-order valence-corrected chi connectivity index (χ4v) is 3.88. The molecule has 0 saturated carbocycles. The molecule has 2 rings (SSSR count). The molecule has 0 aromatic heterocycles. The molecule has 2 aliphatic heterocycles. The topological polar surface area (TPSA) is 32.3 Å². The standard InChI is InChI=1S/C17H32N2O/c1-13(2)16-8-4-5-10-19(16)17(20)11-14(3)15-7-6-9-18-12-15/h13-16,18H,4-12H2,1-3H3. The highest BCUT2D eigenvalue weighted by molar-refractivity contribution is 5.77. The minimum atomic E-state index is 0.404. The van der Waals surface area contributed by atoms with Crippen LogP contribution in [0, 0.1) is 17.8 Å². The third-order valence-electron chi connectivity index (χ3n) is 5.28. The van der Waals surface area contributed by atoms with Gasteiger partial charge in [-0.15, -0.1) is 0 Å². The number of hydrogen-bond donors (Lipinski definition) is 1. The van der Waals surface area contributed by atoms with Crippen LogP contribution in [0.4, 0.5) is 0 Å². The Labute approximate surface area is 124 Å². The Morgan fingerprint density at radius 1 is 1.20 bits per heavy atom. The lowest BCUT2D eigenvalue weighted by Gasteiger charge is -2.39. The molecule has 1 amide bonds. The predicted molar refractivity (Wildman–Crippen MR) is 83.6 cm³/mol. The van der Waals surface area contributed by atoms with Crippen LogP contribution in [0.5, 0.6) is 0 Å². The first-order valence-corrected chi connectivity index (χ1v) is 8.59. The highest BCUT2D eigenvalue weighted by Gasteiger charge is 2.31.